The van der Waals surface area contributed by atoms with Gasteiger partial charge in [-0.2, -0.15) is 0 Å². The number of aliphatic hydroxyl groups is 1. The molecular formula is C22H35NO9. The van der Waals surface area contributed by atoms with Crippen molar-refractivity contribution in [2.45, 2.75) is 19.3 Å². The fourth-order valence-electron chi connectivity index (χ4n) is 2.58. The van der Waals surface area contributed by atoms with Crippen LogP contribution in [0.15, 0.2) is 18.2 Å². The Labute approximate surface area is 189 Å². The maximum Gasteiger partial charge on any atom is 0.306 e. The fraction of sp³-hybridized carbons (Fsp3) is 0.636. The lowest BCUT2D eigenvalue weighted by Gasteiger charge is -2.10. The van der Waals surface area contributed by atoms with Crippen LogP contribution in [0, 0.1) is 0 Å². The standard InChI is InChI=1S/C22H35NO9/c1-27-19-4-3-18(17-20(19)28-2)7-8-23-21(25)5-6-22(26)32-16-15-31-14-13-30-12-11-29-10-9-24/h3-4,17,24H,5-16H2,1-2H3,(H,23,25). The Morgan fingerprint density at radius 3 is 2.09 bits per heavy atom. The molecule has 0 atom stereocenters. The minimum atomic E-state index is -0.444. The molecule has 0 aliphatic heterocycles. The monoisotopic (exact) mass is 457 g/mol. The van der Waals surface area contributed by atoms with Gasteiger partial charge >= 0.3 is 5.97 Å². The predicted octanol–water partition coefficient (Wildman–Crippen LogP) is 0.728. The summed E-state index contributed by atoms with van der Waals surface area (Å²) in [4.78, 5) is 23.6. The summed E-state index contributed by atoms with van der Waals surface area (Å²) < 4.78 is 31.1. The Bertz CT molecular complexity index is 654. The van der Waals surface area contributed by atoms with Crippen molar-refractivity contribution >= 4 is 11.9 Å². The van der Waals surface area contributed by atoms with E-state index in [-0.39, 0.29) is 38.6 Å². The Balaban J connectivity index is 2.01. The number of benzene rings is 1. The molecule has 10 heteroatoms. The molecule has 0 fully saturated rings. The number of carbonyl (C=O) groups is 2. The number of hydrogen-bond donors (Lipinski definition) is 2. The summed E-state index contributed by atoms with van der Waals surface area (Å²) in [6.07, 6.45) is 0.713. The molecule has 0 aromatic heterocycles. The van der Waals surface area contributed by atoms with Crippen molar-refractivity contribution in [2.75, 3.05) is 73.6 Å². The number of carbonyl (C=O) groups excluding carboxylic acids is 2. The molecule has 0 spiro atoms. The Hall–Kier alpha value is -2.40. The van der Waals surface area contributed by atoms with Gasteiger partial charge in [0.1, 0.15) is 6.61 Å². The van der Waals surface area contributed by atoms with E-state index < -0.39 is 5.97 Å². The zero-order valence-electron chi connectivity index (χ0n) is 18.9. The van der Waals surface area contributed by atoms with Gasteiger partial charge in [0.2, 0.25) is 5.91 Å². The van der Waals surface area contributed by atoms with Crippen LogP contribution in [0.1, 0.15) is 18.4 Å². The average Bonchev–Trinajstić information content (AvgIpc) is 2.81. The molecule has 182 valence electrons. The maximum atomic E-state index is 11.9. The van der Waals surface area contributed by atoms with Gasteiger partial charge in [0.25, 0.3) is 0 Å². The summed E-state index contributed by atoms with van der Waals surface area (Å²) in [6, 6.07) is 5.59. The lowest BCUT2D eigenvalue weighted by atomic mass is 10.1. The van der Waals surface area contributed by atoms with E-state index in [2.05, 4.69) is 5.32 Å². The summed E-state index contributed by atoms with van der Waals surface area (Å²) >= 11 is 0. The van der Waals surface area contributed by atoms with Gasteiger partial charge in [-0.1, -0.05) is 6.07 Å². The molecule has 1 aromatic rings. The molecule has 0 radical (unpaired) electrons. The number of aliphatic hydroxyl groups excluding tert-OH is 1. The number of rotatable bonds is 19. The van der Waals surface area contributed by atoms with Gasteiger partial charge in [-0.05, 0) is 24.1 Å². The second-order valence-electron chi connectivity index (χ2n) is 6.57. The summed E-state index contributed by atoms with van der Waals surface area (Å²) in [7, 11) is 3.15. The summed E-state index contributed by atoms with van der Waals surface area (Å²) in [5, 5.41) is 11.3. The largest absolute Gasteiger partial charge is 0.493 e. The molecule has 1 amide bonds. The first-order valence-corrected chi connectivity index (χ1v) is 10.6. The van der Waals surface area contributed by atoms with Gasteiger partial charge in [-0.3, -0.25) is 9.59 Å². The van der Waals surface area contributed by atoms with Crippen molar-refractivity contribution in [3.8, 4) is 11.5 Å². The number of ether oxygens (including phenoxy) is 6. The second kappa shape index (κ2) is 18.2. The molecule has 1 aromatic carbocycles. The molecule has 0 heterocycles. The molecule has 0 unspecified atom stereocenters. The molecule has 2 N–H and O–H groups in total. The van der Waals surface area contributed by atoms with Crippen LogP contribution in [0.2, 0.25) is 0 Å². The van der Waals surface area contributed by atoms with Gasteiger partial charge in [-0.25, -0.2) is 0 Å². The first-order chi connectivity index (χ1) is 15.6. The molecule has 32 heavy (non-hydrogen) atoms. The molecule has 0 aliphatic carbocycles. The summed E-state index contributed by atoms with van der Waals surface area (Å²) in [5.74, 6) is 0.636. The van der Waals surface area contributed by atoms with Crippen molar-refractivity contribution < 1.29 is 43.1 Å². The number of nitrogens with one attached hydrogen (secondary N) is 1. The first-order valence-electron chi connectivity index (χ1n) is 10.6. The van der Waals surface area contributed by atoms with E-state index in [9.17, 15) is 9.59 Å². The number of methoxy groups -OCH3 is 2. The van der Waals surface area contributed by atoms with Crippen molar-refractivity contribution in [1.29, 1.82) is 0 Å². The molecule has 0 saturated heterocycles. The molecule has 10 nitrogen and oxygen atoms in total. The summed E-state index contributed by atoms with van der Waals surface area (Å²) in [5.41, 5.74) is 1.00. The predicted molar refractivity (Wildman–Crippen MR) is 116 cm³/mol. The molecule has 0 aliphatic rings. The highest BCUT2D eigenvalue weighted by Crippen LogP contribution is 2.27. The van der Waals surface area contributed by atoms with Crippen LogP contribution in [-0.2, 0) is 35.0 Å². The van der Waals surface area contributed by atoms with Crippen LogP contribution in [-0.4, -0.2) is 90.6 Å². The van der Waals surface area contributed by atoms with E-state index in [4.69, 9.17) is 33.5 Å². The van der Waals surface area contributed by atoms with Crippen LogP contribution in [0.3, 0.4) is 0 Å². The van der Waals surface area contributed by atoms with Crippen molar-refractivity contribution in [3.63, 3.8) is 0 Å². The molecule has 0 bridgehead atoms. The van der Waals surface area contributed by atoms with Crippen molar-refractivity contribution in [2.24, 2.45) is 0 Å². The van der Waals surface area contributed by atoms with Crippen molar-refractivity contribution in [3.05, 3.63) is 23.8 Å². The Morgan fingerprint density at radius 1 is 0.844 bits per heavy atom. The number of amides is 1. The minimum absolute atomic E-state index is 0.00685. The van der Waals surface area contributed by atoms with Crippen LogP contribution >= 0.6 is 0 Å². The second-order valence-corrected chi connectivity index (χ2v) is 6.57. The molecular weight excluding hydrogens is 422 g/mol. The quantitative estimate of drug-likeness (QED) is 0.229. The zero-order valence-corrected chi connectivity index (χ0v) is 18.9. The summed E-state index contributed by atoms with van der Waals surface area (Å²) in [6.45, 7) is 2.75. The van der Waals surface area contributed by atoms with Gasteiger partial charge in [0, 0.05) is 13.0 Å². The normalized spacial score (nSPS) is 10.6. The zero-order chi connectivity index (χ0) is 23.4. The van der Waals surface area contributed by atoms with Gasteiger partial charge in [0.15, 0.2) is 11.5 Å². The Kier molecular flexibility index (Phi) is 15.7. The lowest BCUT2D eigenvalue weighted by molar-refractivity contribution is -0.146. The highest BCUT2D eigenvalue weighted by molar-refractivity contribution is 5.81. The Morgan fingerprint density at radius 2 is 1.47 bits per heavy atom. The van der Waals surface area contributed by atoms with Gasteiger partial charge in [-0.15, -0.1) is 0 Å². The van der Waals surface area contributed by atoms with Gasteiger partial charge in [0.05, 0.1) is 66.9 Å². The van der Waals surface area contributed by atoms with Gasteiger partial charge < -0.3 is 38.8 Å². The van der Waals surface area contributed by atoms with Crippen LogP contribution in [0.5, 0.6) is 11.5 Å². The maximum absolute atomic E-state index is 11.9. The lowest BCUT2D eigenvalue weighted by Crippen LogP contribution is -2.26. The smallest absolute Gasteiger partial charge is 0.306 e. The highest BCUT2D eigenvalue weighted by Gasteiger charge is 2.09. The van der Waals surface area contributed by atoms with Crippen LogP contribution < -0.4 is 14.8 Å². The van der Waals surface area contributed by atoms with E-state index >= 15 is 0 Å². The van der Waals surface area contributed by atoms with Crippen LogP contribution in [0.4, 0.5) is 0 Å². The van der Waals surface area contributed by atoms with Crippen LogP contribution in [0.25, 0.3) is 0 Å². The third-order valence-electron chi connectivity index (χ3n) is 4.21. The first kappa shape index (κ1) is 27.6. The third-order valence-corrected chi connectivity index (χ3v) is 4.21. The van der Waals surface area contributed by atoms with E-state index in [0.29, 0.717) is 57.5 Å². The average molecular weight is 458 g/mol. The molecule has 1 rings (SSSR count). The topological polar surface area (TPSA) is 122 Å². The van der Waals surface area contributed by atoms with Crippen molar-refractivity contribution in [1.82, 2.24) is 5.32 Å². The minimum Gasteiger partial charge on any atom is -0.493 e. The fourth-order valence-corrected chi connectivity index (χ4v) is 2.58. The number of hydrogen-bond acceptors (Lipinski definition) is 9. The number of esters is 1. The van der Waals surface area contributed by atoms with E-state index in [1.807, 2.05) is 18.2 Å². The van der Waals surface area contributed by atoms with E-state index in [0.717, 1.165) is 5.56 Å². The third kappa shape index (κ3) is 13.1. The van der Waals surface area contributed by atoms with E-state index in [1.165, 1.54) is 0 Å². The highest BCUT2D eigenvalue weighted by atomic mass is 16.6. The SMILES string of the molecule is COc1ccc(CCNC(=O)CCC(=O)OCCOCCOCCOCCO)cc1OC. The van der Waals surface area contributed by atoms with E-state index in [1.54, 1.807) is 14.2 Å². The molecule has 0 saturated carbocycles.